The lowest BCUT2D eigenvalue weighted by molar-refractivity contribution is -0.137. The number of aryl methyl sites for hydroxylation is 1. The highest BCUT2D eigenvalue weighted by atomic mass is 19.4. The third kappa shape index (κ3) is 4.71. The van der Waals surface area contributed by atoms with Crippen LogP contribution in [-0.4, -0.2) is 42.0 Å². The number of halogens is 3. The molecule has 1 aliphatic rings. The molecule has 0 unspecified atom stereocenters. The number of aromatic nitrogens is 1. The molecule has 1 saturated heterocycles. The minimum atomic E-state index is -4.38. The molecular weight excluding hydrogens is 451 g/mol. The number of benzene rings is 3. The molecule has 2 heterocycles. The van der Waals surface area contributed by atoms with E-state index in [-0.39, 0.29) is 5.91 Å². The van der Waals surface area contributed by atoms with Crippen LogP contribution in [0.5, 0.6) is 0 Å². The van der Waals surface area contributed by atoms with Crippen molar-refractivity contribution in [2.24, 2.45) is 0 Å². The van der Waals surface area contributed by atoms with Crippen LogP contribution in [0.1, 0.15) is 21.5 Å². The summed E-state index contributed by atoms with van der Waals surface area (Å²) in [5.41, 5.74) is 3.97. The van der Waals surface area contributed by atoms with Crippen molar-refractivity contribution in [1.82, 2.24) is 9.88 Å². The molecule has 4 nitrogen and oxygen atoms in total. The van der Waals surface area contributed by atoms with Gasteiger partial charge in [-0.2, -0.15) is 13.2 Å². The molecule has 1 aliphatic heterocycles. The van der Waals surface area contributed by atoms with Gasteiger partial charge in [-0.25, -0.2) is 4.98 Å². The van der Waals surface area contributed by atoms with Crippen molar-refractivity contribution in [2.45, 2.75) is 13.1 Å². The first-order chi connectivity index (χ1) is 16.8. The van der Waals surface area contributed by atoms with Crippen molar-refractivity contribution >= 4 is 22.5 Å². The number of alkyl halides is 3. The number of rotatable bonds is 3. The molecule has 0 N–H and O–H groups in total. The van der Waals surface area contributed by atoms with E-state index in [0.717, 1.165) is 33.8 Å². The maximum absolute atomic E-state index is 13.6. The number of piperazine rings is 1. The van der Waals surface area contributed by atoms with Gasteiger partial charge < -0.3 is 9.80 Å². The van der Waals surface area contributed by atoms with Crippen LogP contribution in [0, 0.1) is 6.92 Å². The van der Waals surface area contributed by atoms with E-state index in [1.165, 1.54) is 12.1 Å². The topological polar surface area (TPSA) is 36.4 Å². The number of pyridine rings is 1. The van der Waals surface area contributed by atoms with Crippen LogP contribution in [0.4, 0.5) is 18.9 Å². The summed E-state index contributed by atoms with van der Waals surface area (Å²) in [7, 11) is 0. The van der Waals surface area contributed by atoms with Gasteiger partial charge >= 0.3 is 6.18 Å². The lowest BCUT2D eigenvalue weighted by Crippen LogP contribution is -2.48. The van der Waals surface area contributed by atoms with Crippen molar-refractivity contribution in [2.75, 3.05) is 31.1 Å². The van der Waals surface area contributed by atoms with Gasteiger partial charge in [0.05, 0.1) is 22.3 Å². The summed E-state index contributed by atoms with van der Waals surface area (Å²) in [6.07, 6.45) is -4.38. The largest absolute Gasteiger partial charge is 0.416 e. The molecule has 1 aromatic heterocycles. The number of carbonyl (C=O) groups excluding carboxylic acids is 1. The van der Waals surface area contributed by atoms with Gasteiger partial charge in [0.15, 0.2) is 0 Å². The van der Waals surface area contributed by atoms with Gasteiger partial charge in [0.25, 0.3) is 5.91 Å². The second-order valence-electron chi connectivity index (χ2n) is 8.77. The highest BCUT2D eigenvalue weighted by Gasteiger charge is 2.31. The summed E-state index contributed by atoms with van der Waals surface area (Å²) in [5, 5.41) is 0.786. The summed E-state index contributed by atoms with van der Waals surface area (Å²) in [6.45, 7) is 3.78. The summed E-state index contributed by atoms with van der Waals surface area (Å²) in [6, 6.07) is 22.8. The van der Waals surface area contributed by atoms with Crippen LogP contribution in [0.25, 0.3) is 22.2 Å². The zero-order valence-electron chi connectivity index (χ0n) is 19.2. The summed E-state index contributed by atoms with van der Waals surface area (Å²) >= 11 is 0. The van der Waals surface area contributed by atoms with Crippen LogP contribution in [0.15, 0.2) is 78.9 Å². The van der Waals surface area contributed by atoms with Crippen molar-refractivity contribution < 1.29 is 18.0 Å². The van der Waals surface area contributed by atoms with Gasteiger partial charge in [-0.1, -0.05) is 48.0 Å². The Kier molecular flexibility index (Phi) is 5.93. The Morgan fingerprint density at radius 2 is 1.60 bits per heavy atom. The lowest BCUT2D eigenvalue weighted by Gasteiger charge is -2.36. The highest BCUT2D eigenvalue weighted by Crippen LogP contribution is 2.32. The number of fused-ring (bicyclic) bond motifs is 1. The maximum Gasteiger partial charge on any atom is 0.416 e. The molecule has 0 saturated carbocycles. The number of para-hydroxylation sites is 1. The Morgan fingerprint density at radius 1 is 0.857 bits per heavy atom. The maximum atomic E-state index is 13.6. The number of hydrogen-bond acceptors (Lipinski definition) is 3. The molecule has 1 fully saturated rings. The number of carbonyl (C=O) groups is 1. The van der Waals surface area contributed by atoms with Crippen molar-refractivity contribution in [1.29, 1.82) is 0 Å². The van der Waals surface area contributed by atoms with Crippen molar-refractivity contribution in [3.05, 3.63) is 95.6 Å². The molecule has 0 radical (unpaired) electrons. The Balaban J connectivity index is 1.41. The Hall–Kier alpha value is -3.87. The van der Waals surface area contributed by atoms with Crippen LogP contribution >= 0.6 is 0 Å². The third-order valence-corrected chi connectivity index (χ3v) is 6.37. The van der Waals surface area contributed by atoms with E-state index in [9.17, 15) is 18.0 Å². The first kappa shape index (κ1) is 22.9. The second-order valence-corrected chi connectivity index (χ2v) is 8.77. The van der Waals surface area contributed by atoms with Gasteiger partial charge in [0.1, 0.15) is 0 Å². The molecule has 3 aromatic carbocycles. The number of hydrogen-bond donors (Lipinski definition) is 0. The molecule has 0 spiro atoms. The van der Waals surface area contributed by atoms with E-state index in [0.29, 0.717) is 37.4 Å². The lowest BCUT2D eigenvalue weighted by atomic mass is 10.0. The van der Waals surface area contributed by atoms with Crippen LogP contribution in [-0.2, 0) is 6.18 Å². The molecule has 35 heavy (non-hydrogen) atoms. The first-order valence-electron chi connectivity index (χ1n) is 11.5. The van der Waals surface area contributed by atoms with Crippen molar-refractivity contribution in [3.63, 3.8) is 0 Å². The standard InChI is InChI=1S/C28H24F3N3O/c1-19-6-4-7-20(16-19)26-18-24(23-10-2-3-11-25(23)32-26)27(35)34-14-12-33(13-15-34)22-9-5-8-21(17-22)28(29,30)31/h2-11,16-18H,12-15H2,1H3. The molecular formula is C28H24F3N3O. The summed E-state index contributed by atoms with van der Waals surface area (Å²) in [4.78, 5) is 22.1. The molecule has 178 valence electrons. The molecule has 7 heteroatoms. The molecule has 1 amide bonds. The SMILES string of the molecule is Cc1cccc(-c2cc(C(=O)N3CCN(c4cccc(C(F)(F)F)c4)CC3)c3ccccc3n2)c1. The van der Waals surface area contributed by atoms with E-state index in [4.69, 9.17) is 4.98 Å². The van der Waals surface area contributed by atoms with E-state index in [1.54, 1.807) is 11.0 Å². The van der Waals surface area contributed by atoms with Crippen molar-refractivity contribution in [3.8, 4) is 11.3 Å². The zero-order chi connectivity index (χ0) is 24.6. The number of nitrogens with zero attached hydrogens (tertiary/aromatic N) is 3. The number of amides is 1. The average molecular weight is 476 g/mol. The fraction of sp³-hybridized carbons (Fsp3) is 0.214. The van der Waals surface area contributed by atoms with Gasteiger partial charge in [-0.15, -0.1) is 0 Å². The van der Waals surface area contributed by atoms with E-state index < -0.39 is 11.7 Å². The summed E-state index contributed by atoms with van der Waals surface area (Å²) in [5.74, 6) is -0.0961. The molecule has 0 atom stereocenters. The quantitative estimate of drug-likeness (QED) is 0.354. The van der Waals surface area contributed by atoms with E-state index >= 15 is 0 Å². The third-order valence-electron chi connectivity index (χ3n) is 6.37. The minimum Gasteiger partial charge on any atom is -0.368 e. The molecule has 0 bridgehead atoms. The Morgan fingerprint density at radius 3 is 2.34 bits per heavy atom. The predicted molar refractivity (Wildman–Crippen MR) is 131 cm³/mol. The minimum absolute atomic E-state index is 0.0961. The van der Waals surface area contributed by atoms with Gasteiger partial charge in [0, 0.05) is 42.8 Å². The first-order valence-corrected chi connectivity index (χ1v) is 11.5. The van der Waals surface area contributed by atoms with Gasteiger partial charge in [-0.3, -0.25) is 4.79 Å². The van der Waals surface area contributed by atoms with Gasteiger partial charge in [-0.05, 0) is 43.3 Å². The van der Waals surface area contributed by atoms with E-state index in [2.05, 4.69) is 0 Å². The Labute approximate surface area is 201 Å². The van der Waals surface area contributed by atoms with Crippen LogP contribution < -0.4 is 4.90 Å². The number of anilines is 1. The monoisotopic (exact) mass is 475 g/mol. The normalized spacial score (nSPS) is 14.4. The second kappa shape index (κ2) is 9.06. The molecule has 4 aromatic rings. The molecule has 5 rings (SSSR count). The smallest absolute Gasteiger partial charge is 0.368 e. The summed E-state index contributed by atoms with van der Waals surface area (Å²) < 4.78 is 39.4. The average Bonchev–Trinajstić information content (AvgIpc) is 2.87. The molecule has 0 aliphatic carbocycles. The fourth-order valence-corrected chi connectivity index (χ4v) is 4.52. The highest BCUT2D eigenvalue weighted by molar-refractivity contribution is 6.07. The zero-order valence-corrected chi connectivity index (χ0v) is 19.2. The Bertz CT molecular complexity index is 1390. The fourth-order valence-electron chi connectivity index (χ4n) is 4.52. The predicted octanol–water partition coefficient (Wildman–Crippen LogP) is 6.19. The van der Waals surface area contributed by atoms with E-state index in [1.807, 2.05) is 66.4 Å². The van der Waals surface area contributed by atoms with Gasteiger partial charge in [0.2, 0.25) is 0 Å². The van der Waals surface area contributed by atoms with Crippen LogP contribution in [0.3, 0.4) is 0 Å². The van der Waals surface area contributed by atoms with Crippen LogP contribution in [0.2, 0.25) is 0 Å².